The van der Waals surface area contributed by atoms with Gasteiger partial charge >= 0.3 is 0 Å². The van der Waals surface area contributed by atoms with Gasteiger partial charge in [-0.1, -0.05) is 12.1 Å². The summed E-state index contributed by atoms with van der Waals surface area (Å²) in [6, 6.07) is 13.1. The van der Waals surface area contributed by atoms with E-state index in [0.29, 0.717) is 10.9 Å². The second kappa shape index (κ2) is 6.68. The highest BCUT2D eigenvalue weighted by Gasteiger charge is 2.21. The molecule has 2 N–H and O–H groups in total. The molecule has 6 nitrogen and oxygen atoms in total. The lowest BCUT2D eigenvalue weighted by Gasteiger charge is -2.37. The van der Waals surface area contributed by atoms with Gasteiger partial charge in [-0.15, -0.1) is 0 Å². The van der Waals surface area contributed by atoms with E-state index in [0.717, 1.165) is 49.1 Å². The average molecular weight is 357 g/mol. The molecule has 0 unspecified atom stereocenters. The summed E-state index contributed by atoms with van der Waals surface area (Å²) < 4.78 is 10.7. The van der Waals surface area contributed by atoms with Gasteiger partial charge in [0.05, 0.1) is 5.69 Å². The Kier molecular flexibility index (Phi) is 4.23. The first-order valence-corrected chi connectivity index (χ1v) is 8.60. The van der Waals surface area contributed by atoms with Crippen molar-refractivity contribution in [1.82, 2.24) is 4.90 Å². The molecule has 0 spiro atoms. The Morgan fingerprint density at radius 1 is 1.00 bits per heavy atom. The number of fused-ring (bicyclic) bond motifs is 1. The molecule has 0 aliphatic carbocycles. The number of hydrogen-bond donors (Lipinski definition) is 2. The number of piperazine rings is 1. The van der Waals surface area contributed by atoms with Crippen LogP contribution in [0.15, 0.2) is 42.5 Å². The largest absolute Gasteiger partial charge is 0.506 e. The molecule has 2 aliphatic rings. The molecule has 0 atom stereocenters. The van der Waals surface area contributed by atoms with Crippen molar-refractivity contribution in [2.75, 3.05) is 43.2 Å². The third-order valence-corrected chi connectivity index (χ3v) is 4.77. The molecule has 1 fully saturated rings. The predicted octanol–water partition coefficient (Wildman–Crippen LogP) is 2.64. The summed E-state index contributed by atoms with van der Waals surface area (Å²) in [7, 11) is 0. The number of para-hydroxylation sites is 2. The van der Waals surface area contributed by atoms with Crippen molar-refractivity contribution in [3.8, 4) is 17.2 Å². The number of benzene rings is 2. The summed E-state index contributed by atoms with van der Waals surface area (Å²) in [5.41, 5.74) is 1.76. The smallest absolute Gasteiger partial charge is 0.231 e. The van der Waals surface area contributed by atoms with E-state index < -0.39 is 0 Å². The van der Waals surface area contributed by atoms with Gasteiger partial charge < -0.3 is 29.7 Å². The topological polar surface area (TPSA) is 57.2 Å². The first-order valence-electron chi connectivity index (χ1n) is 8.19. The van der Waals surface area contributed by atoms with Crippen LogP contribution in [0.25, 0.3) is 0 Å². The molecule has 2 aliphatic heterocycles. The van der Waals surface area contributed by atoms with Crippen molar-refractivity contribution < 1.29 is 14.6 Å². The van der Waals surface area contributed by atoms with Gasteiger partial charge in [0.2, 0.25) is 6.79 Å². The lowest BCUT2D eigenvalue weighted by Crippen LogP contribution is -2.50. The van der Waals surface area contributed by atoms with Crippen LogP contribution in [-0.4, -0.2) is 48.1 Å². The lowest BCUT2D eigenvalue weighted by molar-refractivity contribution is 0.174. The summed E-state index contributed by atoms with van der Waals surface area (Å²) >= 11 is 5.54. The Morgan fingerprint density at radius 3 is 2.56 bits per heavy atom. The molecule has 2 aromatic carbocycles. The van der Waals surface area contributed by atoms with Crippen molar-refractivity contribution in [3.63, 3.8) is 0 Å². The molecule has 0 aromatic heterocycles. The van der Waals surface area contributed by atoms with E-state index in [1.807, 2.05) is 36.4 Å². The zero-order valence-electron chi connectivity index (χ0n) is 13.6. The quantitative estimate of drug-likeness (QED) is 0.802. The molecular weight excluding hydrogens is 338 g/mol. The second-order valence-corrected chi connectivity index (χ2v) is 6.35. The van der Waals surface area contributed by atoms with Crippen LogP contribution >= 0.6 is 12.2 Å². The summed E-state index contributed by atoms with van der Waals surface area (Å²) in [4.78, 5) is 4.31. The van der Waals surface area contributed by atoms with Crippen LogP contribution in [0.4, 0.5) is 11.4 Å². The van der Waals surface area contributed by atoms with Gasteiger partial charge in [0.25, 0.3) is 0 Å². The number of rotatable bonds is 2. The molecule has 25 heavy (non-hydrogen) atoms. The summed E-state index contributed by atoms with van der Waals surface area (Å²) in [5, 5.41) is 13.9. The van der Waals surface area contributed by atoms with E-state index in [1.54, 1.807) is 6.07 Å². The van der Waals surface area contributed by atoms with Crippen molar-refractivity contribution in [2.45, 2.75) is 0 Å². The minimum Gasteiger partial charge on any atom is -0.506 e. The highest BCUT2D eigenvalue weighted by molar-refractivity contribution is 7.80. The van der Waals surface area contributed by atoms with E-state index in [1.165, 1.54) is 0 Å². The van der Waals surface area contributed by atoms with Crippen LogP contribution in [0.5, 0.6) is 17.2 Å². The molecule has 2 aromatic rings. The minimum absolute atomic E-state index is 0.261. The molecule has 0 radical (unpaired) electrons. The number of phenols is 1. The number of aromatic hydroxyl groups is 1. The third-order valence-electron chi connectivity index (χ3n) is 4.41. The first-order chi connectivity index (χ1) is 12.2. The van der Waals surface area contributed by atoms with Crippen molar-refractivity contribution >= 4 is 28.7 Å². The van der Waals surface area contributed by atoms with Crippen LogP contribution in [0, 0.1) is 0 Å². The lowest BCUT2D eigenvalue weighted by atomic mass is 10.2. The predicted molar refractivity (Wildman–Crippen MR) is 101 cm³/mol. The van der Waals surface area contributed by atoms with Gasteiger partial charge in [-0.05, 0) is 36.5 Å². The molecule has 2 heterocycles. The Bertz CT molecular complexity index is 791. The van der Waals surface area contributed by atoms with Gasteiger partial charge in [-0.2, -0.15) is 0 Å². The maximum Gasteiger partial charge on any atom is 0.231 e. The van der Waals surface area contributed by atoms with E-state index in [2.05, 4.69) is 15.1 Å². The maximum absolute atomic E-state index is 9.99. The van der Waals surface area contributed by atoms with E-state index in [9.17, 15) is 5.11 Å². The summed E-state index contributed by atoms with van der Waals surface area (Å²) in [6.07, 6.45) is 0. The van der Waals surface area contributed by atoms with Gasteiger partial charge in [-0.25, -0.2) is 0 Å². The molecule has 0 amide bonds. The van der Waals surface area contributed by atoms with Gasteiger partial charge in [-0.3, -0.25) is 0 Å². The van der Waals surface area contributed by atoms with Crippen molar-refractivity contribution in [1.29, 1.82) is 0 Å². The fourth-order valence-corrected chi connectivity index (χ4v) is 3.36. The van der Waals surface area contributed by atoms with Crippen molar-refractivity contribution in [2.24, 2.45) is 0 Å². The number of nitrogens with zero attached hydrogens (tertiary/aromatic N) is 2. The highest BCUT2D eigenvalue weighted by atomic mass is 32.1. The van der Waals surface area contributed by atoms with E-state index >= 15 is 0 Å². The summed E-state index contributed by atoms with van der Waals surface area (Å²) in [5.74, 6) is 1.81. The molecular formula is C18H19N3O3S. The van der Waals surface area contributed by atoms with Crippen LogP contribution in [0.2, 0.25) is 0 Å². The minimum atomic E-state index is 0.261. The Labute approximate surface area is 151 Å². The van der Waals surface area contributed by atoms with E-state index in [-0.39, 0.29) is 6.79 Å². The fourth-order valence-electron chi connectivity index (χ4n) is 3.06. The number of phenolic OH excluding ortho intramolecular Hbond substituents is 1. The number of hydrogen-bond acceptors (Lipinski definition) is 5. The first kappa shape index (κ1) is 15.8. The van der Waals surface area contributed by atoms with Crippen LogP contribution in [-0.2, 0) is 0 Å². The Morgan fingerprint density at radius 2 is 1.76 bits per heavy atom. The molecule has 1 saturated heterocycles. The standard InChI is InChI=1S/C18H19N3O3S/c22-15-4-2-1-3-14(15)20-7-9-21(10-8-20)18(25)19-13-5-6-16-17(11-13)24-12-23-16/h1-6,11,22H,7-10,12H2,(H,19,25). The number of nitrogens with one attached hydrogen (secondary N) is 1. The molecule has 7 heteroatoms. The molecule has 4 rings (SSSR count). The van der Waals surface area contributed by atoms with Crippen LogP contribution in [0.1, 0.15) is 0 Å². The summed E-state index contributed by atoms with van der Waals surface area (Å²) in [6.45, 7) is 3.47. The third kappa shape index (κ3) is 3.28. The highest BCUT2D eigenvalue weighted by Crippen LogP contribution is 2.34. The van der Waals surface area contributed by atoms with Crippen LogP contribution in [0.3, 0.4) is 0 Å². The molecule has 0 saturated carbocycles. The maximum atomic E-state index is 9.99. The Balaban J connectivity index is 1.36. The zero-order valence-corrected chi connectivity index (χ0v) is 14.5. The van der Waals surface area contributed by atoms with Crippen LogP contribution < -0.4 is 19.7 Å². The monoisotopic (exact) mass is 357 g/mol. The van der Waals surface area contributed by atoms with Gasteiger partial charge in [0.15, 0.2) is 16.6 Å². The van der Waals surface area contributed by atoms with Gasteiger partial charge in [0.1, 0.15) is 5.75 Å². The average Bonchev–Trinajstić information content (AvgIpc) is 3.10. The number of thiocarbonyl (C=S) groups is 1. The fraction of sp³-hybridized carbons (Fsp3) is 0.278. The SMILES string of the molecule is Oc1ccccc1N1CCN(C(=S)Nc2ccc3c(c2)OCO3)CC1. The zero-order chi connectivity index (χ0) is 17.2. The molecule has 0 bridgehead atoms. The molecule has 130 valence electrons. The second-order valence-electron chi connectivity index (χ2n) is 5.96. The number of anilines is 2. The van der Waals surface area contributed by atoms with Crippen molar-refractivity contribution in [3.05, 3.63) is 42.5 Å². The van der Waals surface area contributed by atoms with E-state index in [4.69, 9.17) is 21.7 Å². The van der Waals surface area contributed by atoms with Gasteiger partial charge in [0, 0.05) is 37.9 Å². The Hall–Kier alpha value is -2.67. The normalized spacial score (nSPS) is 16.0. The number of ether oxygens (including phenoxy) is 2.